The summed E-state index contributed by atoms with van der Waals surface area (Å²) in [6, 6.07) is 0. The van der Waals surface area contributed by atoms with Gasteiger partial charge >= 0.3 is 5.97 Å². The number of hydrogen-bond acceptors (Lipinski definition) is 1. The molecular formula is C5H7FO2. The van der Waals surface area contributed by atoms with Gasteiger partial charge in [-0.1, -0.05) is 6.08 Å². The van der Waals surface area contributed by atoms with E-state index < -0.39 is 5.97 Å². The molecule has 0 amide bonds. The minimum atomic E-state index is -0.900. The van der Waals surface area contributed by atoms with Crippen molar-refractivity contribution in [1.29, 1.82) is 0 Å². The molecule has 3 heteroatoms. The Hall–Kier alpha value is -0.860. The summed E-state index contributed by atoms with van der Waals surface area (Å²) in [6.45, 7) is 0. The fourth-order valence-electron chi connectivity index (χ4n) is 0.270. The van der Waals surface area contributed by atoms with E-state index in [1.165, 1.54) is 6.08 Å². The van der Waals surface area contributed by atoms with E-state index in [4.69, 9.17) is 5.11 Å². The number of hydrogen-bond donors (Lipinski definition) is 1. The van der Waals surface area contributed by atoms with Crippen LogP contribution in [0.5, 0.6) is 0 Å². The Morgan fingerprint density at radius 3 is 2.75 bits per heavy atom. The Morgan fingerprint density at radius 2 is 2.38 bits per heavy atom. The van der Waals surface area contributed by atoms with Gasteiger partial charge in [-0.05, 0) is 6.42 Å². The second-order valence-corrected chi connectivity index (χ2v) is 1.29. The largest absolute Gasteiger partial charge is 0.481 e. The number of carboxylic acids is 1. The molecule has 0 bridgehead atoms. The van der Waals surface area contributed by atoms with Gasteiger partial charge in [-0.3, -0.25) is 4.79 Å². The van der Waals surface area contributed by atoms with Crippen molar-refractivity contribution < 1.29 is 14.3 Å². The number of carboxylic acid groups (broad SMARTS) is 1. The Bertz CT molecular complexity index is 98.6. The summed E-state index contributed by atoms with van der Waals surface area (Å²) in [5.41, 5.74) is 0. The molecule has 0 saturated heterocycles. The van der Waals surface area contributed by atoms with Crippen molar-refractivity contribution in [3.8, 4) is 0 Å². The molecule has 0 unspecified atom stereocenters. The first-order valence-corrected chi connectivity index (χ1v) is 2.24. The highest BCUT2D eigenvalue weighted by Crippen LogP contribution is 1.89. The van der Waals surface area contributed by atoms with Crippen LogP contribution in [0.4, 0.5) is 4.39 Å². The topological polar surface area (TPSA) is 37.3 Å². The second-order valence-electron chi connectivity index (χ2n) is 1.29. The normalized spacial score (nSPS) is 10.1. The predicted molar refractivity (Wildman–Crippen MR) is 27.1 cm³/mol. The summed E-state index contributed by atoms with van der Waals surface area (Å²) < 4.78 is 11.1. The molecule has 8 heavy (non-hydrogen) atoms. The van der Waals surface area contributed by atoms with Gasteiger partial charge in [0.25, 0.3) is 0 Å². The zero-order valence-corrected chi connectivity index (χ0v) is 4.30. The third-order valence-corrected chi connectivity index (χ3v) is 0.614. The Kier molecular flexibility index (Phi) is 3.84. The summed E-state index contributed by atoms with van der Waals surface area (Å²) in [7, 11) is 0. The molecular weight excluding hydrogens is 111 g/mol. The van der Waals surface area contributed by atoms with Gasteiger partial charge in [-0.2, -0.15) is 0 Å². The second kappa shape index (κ2) is 4.30. The highest BCUT2D eigenvalue weighted by atomic mass is 19.1. The fraction of sp³-hybridized carbons (Fsp3) is 0.400. The summed E-state index contributed by atoms with van der Waals surface area (Å²) in [6.07, 6.45) is 1.79. The van der Waals surface area contributed by atoms with Crippen LogP contribution in [0.25, 0.3) is 0 Å². The van der Waals surface area contributed by atoms with Crippen LogP contribution in [-0.2, 0) is 4.79 Å². The summed E-state index contributed by atoms with van der Waals surface area (Å²) in [5.74, 6) is -0.900. The van der Waals surface area contributed by atoms with Crippen LogP contribution in [-0.4, -0.2) is 11.1 Å². The van der Waals surface area contributed by atoms with E-state index in [1.54, 1.807) is 0 Å². The van der Waals surface area contributed by atoms with E-state index in [-0.39, 0.29) is 12.8 Å². The van der Waals surface area contributed by atoms with Crippen LogP contribution < -0.4 is 0 Å². The van der Waals surface area contributed by atoms with Crippen LogP contribution in [0.1, 0.15) is 12.8 Å². The molecule has 0 aromatic heterocycles. The van der Waals surface area contributed by atoms with Crippen molar-refractivity contribution in [1.82, 2.24) is 0 Å². The molecule has 1 N–H and O–H groups in total. The molecule has 0 aliphatic rings. The molecule has 0 radical (unpaired) electrons. The average molecular weight is 118 g/mol. The first-order chi connectivity index (χ1) is 3.77. The van der Waals surface area contributed by atoms with Crippen molar-refractivity contribution >= 4 is 5.97 Å². The molecule has 0 atom stereocenters. The Balaban J connectivity index is 3.05. The summed E-state index contributed by atoms with van der Waals surface area (Å²) in [5, 5.41) is 7.98. The summed E-state index contributed by atoms with van der Waals surface area (Å²) >= 11 is 0. The molecule has 0 heterocycles. The van der Waals surface area contributed by atoms with E-state index in [9.17, 15) is 9.18 Å². The summed E-state index contributed by atoms with van der Waals surface area (Å²) in [4.78, 5) is 9.72. The van der Waals surface area contributed by atoms with Crippen LogP contribution in [0, 0.1) is 0 Å². The quantitative estimate of drug-likeness (QED) is 0.607. The lowest BCUT2D eigenvalue weighted by Crippen LogP contribution is -1.91. The smallest absolute Gasteiger partial charge is 0.303 e. The van der Waals surface area contributed by atoms with Crippen LogP contribution in [0.3, 0.4) is 0 Å². The molecule has 2 nitrogen and oxygen atoms in total. The van der Waals surface area contributed by atoms with Gasteiger partial charge in [-0.15, -0.1) is 0 Å². The van der Waals surface area contributed by atoms with Gasteiger partial charge in [0.05, 0.1) is 6.33 Å². The van der Waals surface area contributed by atoms with E-state index in [0.29, 0.717) is 6.33 Å². The van der Waals surface area contributed by atoms with E-state index in [0.717, 1.165) is 0 Å². The lowest BCUT2D eigenvalue weighted by atomic mass is 10.3. The Labute approximate surface area is 46.6 Å². The van der Waals surface area contributed by atoms with Gasteiger partial charge < -0.3 is 5.11 Å². The van der Waals surface area contributed by atoms with E-state index in [1.807, 2.05) is 0 Å². The van der Waals surface area contributed by atoms with Crippen molar-refractivity contribution in [2.24, 2.45) is 0 Å². The lowest BCUT2D eigenvalue weighted by Gasteiger charge is -1.82. The van der Waals surface area contributed by atoms with Crippen molar-refractivity contribution in [3.63, 3.8) is 0 Å². The molecule has 0 saturated carbocycles. The maximum atomic E-state index is 11.1. The van der Waals surface area contributed by atoms with Crippen LogP contribution in [0.15, 0.2) is 12.4 Å². The van der Waals surface area contributed by atoms with Crippen LogP contribution in [0.2, 0.25) is 0 Å². The number of rotatable bonds is 3. The number of carbonyl (C=O) groups is 1. The number of aliphatic carboxylic acids is 1. The zero-order chi connectivity index (χ0) is 6.41. The third kappa shape index (κ3) is 5.14. The maximum Gasteiger partial charge on any atom is 0.303 e. The zero-order valence-electron chi connectivity index (χ0n) is 4.30. The highest BCUT2D eigenvalue weighted by Gasteiger charge is 1.90. The molecule has 0 fully saturated rings. The van der Waals surface area contributed by atoms with E-state index in [2.05, 4.69) is 0 Å². The predicted octanol–water partition coefficient (Wildman–Crippen LogP) is 1.33. The average Bonchev–Trinajstić information content (AvgIpc) is 1.66. The molecule has 0 aromatic rings. The lowest BCUT2D eigenvalue weighted by molar-refractivity contribution is -0.136. The molecule has 0 aromatic carbocycles. The standard InChI is InChI=1S/C5H7FO2/c6-4-2-1-3-5(7)8/h2,4H,1,3H2,(H,7,8). The molecule has 0 spiro atoms. The van der Waals surface area contributed by atoms with Gasteiger partial charge in [0.15, 0.2) is 0 Å². The minimum absolute atomic E-state index is 0.000417. The van der Waals surface area contributed by atoms with Gasteiger partial charge in [0, 0.05) is 6.42 Å². The number of allylic oxidation sites excluding steroid dienone is 1. The minimum Gasteiger partial charge on any atom is -0.481 e. The van der Waals surface area contributed by atoms with Gasteiger partial charge in [-0.25, -0.2) is 4.39 Å². The van der Waals surface area contributed by atoms with Crippen molar-refractivity contribution in [2.45, 2.75) is 12.8 Å². The molecule has 46 valence electrons. The molecule has 0 rings (SSSR count). The van der Waals surface area contributed by atoms with Crippen LogP contribution >= 0.6 is 0 Å². The highest BCUT2D eigenvalue weighted by molar-refractivity contribution is 5.66. The first-order valence-electron chi connectivity index (χ1n) is 2.24. The van der Waals surface area contributed by atoms with E-state index >= 15 is 0 Å². The van der Waals surface area contributed by atoms with Gasteiger partial charge in [0.2, 0.25) is 0 Å². The molecule has 0 aliphatic heterocycles. The van der Waals surface area contributed by atoms with Gasteiger partial charge in [0.1, 0.15) is 0 Å². The SMILES string of the molecule is O=C(O)CCC=CF. The Morgan fingerprint density at radius 1 is 1.75 bits per heavy atom. The monoisotopic (exact) mass is 118 g/mol. The fourth-order valence-corrected chi connectivity index (χ4v) is 0.270. The van der Waals surface area contributed by atoms with Crippen molar-refractivity contribution in [3.05, 3.63) is 12.4 Å². The first kappa shape index (κ1) is 7.14. The van der Waals surface area contributed by atoms with Crippen molar-refractivity contribution in [2.75, 3.05) is 0 Å². The molecule has 0 aliphatic carbocycles. The number of halogens is 1. The maximum absolute atomic E-state index is 11.1. The third-order valence-electron chi connectivity index (χ3n) is 0.614.